The number of fused-ring (bicyclic) bond motifs is 1. The maximum absolute atomic E-state index is 5.79. The molecule has 0 aliphatic rings. The smallest absolute Gasteiger partial charge is 0.151 e. The molecule has 0 unspecified atom stereocenters. The van der Waals surface area contributed by atoms with Crippen LogP contribution in [0.15, 0.2) is 36.0 Å². The minimum absolute atomic E-state index is 0.434. The Kier molecular flexibility index (Phi) is 3.98. The first-order valence-corrected chi connectivity index (χ1v) is 7.60. The lowest BCUT2D eigenvalue weighted by molar-refractivity contribution is 0.336. The molecule has 0 spiro atoms. The summed E-state index contributed by atoms with van der Waals surface area (Å²) in [6, 6.07) is 7.87. The van der Waals surface area contributed by atoms with Gasteiger partial charge >= 0.3 is 0 Å². The van der Waals surface area contributed by atoms with Crippen molar-refractivity contribution in [2.24, 2.45) is 5.73 Å². The molecule has 3 rings (SSSR count). The number of aromatic nitrogens is 2. The van der Waals surface area contributed by atoms with Gasteiger partial charge in [-0.3, -0.25) is 0 Å². The van der Waals surface area contributed by atoms with Crippen molar-refractivity contribution in [1.29, 1.82) is 0 Å². The molecule has 2 heterocycles. The van der Waals surface area contributed by atoms with Crippen molar-refractivity contribution < 1.29 is 4.74 Å². The van der Waals surface area contributed by atoms with E-state index in [9.17, 15) is 0 Å². The van der Waals surface area contributed by atoms with Crippen LogP contribution in [0.4, 0.5) is 11.5 Å². The third kappa shape index (κ3) is 2.81. The number of thiophene rings is 1. The molecule has 0 saturated heterocycles. The van der Waals surface area contributed by atoms with Crippen LogP contribution in [0.25, 0.3) is 10.2 Å². The molecule has 0 atom stereocenters. The van der Waals surface area contributed by atoms with E-state index in [0.29, 0.717) is 13.2 Å². The summed E-state index contributed by atoms with van der Waals surface area (Å²) in [7, 11) is 0. The summed E-state index contributed by atoms with van der Waals surface area (Å²) in [6.07, 6.45) is 1.57. The van der Waals surface area contributed by atoms with Crippen LogP contribution in [0.3, 0.4) is 0 Å². The van der Waals surface area contributed by atoms with Crippen LogP contribution >= 0.6 is 11.3 Å². The Hall–Kier alpha value is -2.18. The Bertz CT molecular complexity index is 756. The van der Waals surface area contributed by atoms with Crippen LogP contribution < -0.4 is 15.8 Å². The molecular weight excluding hydrogens is 284 g/mol. The Morgan fingerprint density at radius 2 is 2.19 bits per heavy atom. The van der Waals surface area contributed by atoms with Crippen LogP contribution in [-0.2, 0) is 6.54 Å². The molecule has 5 nitrogen and oxygen atoms in total. The predicted molar refractivity (Wildman–Crippen MR) is 86.2 cm³/mol. The van der Waals surface area contributed by atoms with Crippen molar-refractivity contribution in [3.63, 3.8) is 0 Å². The Labute approximate surface area is 126 Å². The van der Waals surface area contributed by atoms with E-state index in [1.165, 1.54) is 0 Å². The average molecular weight is 300 g/mol. The molecule has 1 aromatic carbocycles. The SMILES string of the molecule is CCOc1ccc(Nc2ncnc3ccsc23)cc1CN. The molecule has 3 N–H and O–H groups in total. The van der Waals surface area contributed by atoms with Crippen molar-refractivity contribution in [2.75, 3.05) is 11.9 Å². The fourth-order valence-electron chi connectivity index (χ4n) is 2.13. The highest BCUT2D eigenvalue weighted by atomic mass is 32.1. The first kappa shape index (κ1) is 13.8. The van der Waals surface area contributed by atoms with Gasteiger partial charge in [0.05, 0.1) is 16.8 Å². The van der Waals surface area contributed by atoms with Crippen LogP contribution in [0.1, 0.15) is 12.5 Å². The van der Waals surface area contributed by atoms with E-state index in [-0.39, 0.29) is 0 Å². The molecule has 0 aliphatic carbocycles. The molecular formula is C15H16N4OS. The van der Waals surface area contributed by atoms with Gasteiger partial charge in [-0.05, 0) is 36.6 Å². The maximum atomic E-state index is 5.79. The van der Waals surface area contributed by atoms with E-state index in [2.05, 4.69) is 15.3 Å². The summed E-state index contributed by atoms with van der Waals surface area (Å²) in [5.74, 6) is 1.64. The van der Waals surface area contributed by atoms with Crippen molar-refractivity contribution in [3.8, 4) is 5.75 Å². The Morgan fingerprint density at radius 3 is 3.00 bits per heavy atom. The highest BCUT2D eigenvalue weighted by molar-refractivity contribution is 7.17. The summed E-state index contributed by atoms with van der Waals surface area (Å²) < 4.78 is 6.60. The van der Waals surface area contributed by atoms with Gasteiger partial charge in [-0.2, -0.15) is 0 Å². The van der Waals surface area contributed by atoms with Crippen LogP contribution in [0, 0.1) is 0 Å². The van der Waals surface area contributed by atoms with Crippen molar-refractivity contribution in [3.05, 3.63) is 41.5 Å². The molecule has 2 aromatic heterocycles. The van der Waals surface area contributed by atoms with E-state index < -0.39 is 0 Å². The lowest BCUT2D eigenvalue weighted by Crippen LogP contribution is -2.03. The summed E-state index contributed by atoms with van der Waals surface area (Å²) in [4.78, 5) is 8.55. The zero-order valence-electron chi connectivity index (χ0n) is 11.7. The number of anilines is 2. The normalized spacial score (nSPS) is 10.8. The molecule has 6 heteroatoms. The number of nitrogens with one attached hydrogen (secondary N) is 1. The highest BCUT2D eigenvalue weighted by Crippen LogP contribution is 2.29. The minimum Gasteiger partial charge on any atom is -0.494 e. The number of hydrogen-bond acceptors (Lipinski definition) is 6. The largest absolute Gasteiger partial charge is 0.494 e. The van der Waals surface area contributed by atoms with Gasteiger partial charge in [0.15, 0.2) is 5.82 Å². The average Bonchev–Trinajstić information content (AvgIpc) is 2.98. The fraction of sp³-hybridized carbons (Fsp3) is 0.200. The minimum atomic E-state index is 0.434. The molecule has 0 aliphatic heterocycles. The van der Waals surface area contributed by atoms with Crippen LogP contribution in [0.2, 0.25) is 0 Å². The molecule has 3 aromatic rings. The van der Waals surface area contributed by atoms with Gasteiger partial charge < -0.3 is 15.8 Å². The first-order valence-electron chi connectivity index (χ1n) is 6.73. The van der Waals surface area contributed by atoms with Gasteiger partial charge in [0.25, 0.3) is 0 Å². The second kappa shape index (κ2) is 6.07. The summed E-state index contributed by atoms with van der Waals surface area (Å²) in [6.45, 7) is 3.02. The summed E-state index contributed by atoms with van der Waals surface area (Å²) >= 11 is 1.62. The van der Waals surface area contributed by atoms with Gasteiger partial charge in [0.1, 0.15) is 12.1 Å². The third-order valence-corrected chi connectivity index (χ3v) is 4.00. The number of nitrogens with zero attached hydrogens (tertiary/aromatic N) is 2. The predicted octanol–water partition coefficient (Wildman–Crippen LogP) is 3.29. The number of hydrogen-bond donors (Lipinski definition) is 2. The van der Waals surface area contributed by atoms with Crippen molar-refractivity contribution >= 4 is 33.1 Å². The first-order chi connectivity index (χ1) is 10.3. The number of ether oxygens (including phenoxy) is 1. The zero-order valence-corrected chi connectivity index (χ0v) is 12.5. The molecule has 108 valence electrons. The summed E-state index contributed by atoms with van der Waals surface area (Å²) in [5, 5.41) is 5.33. The topological polar surface area (TPSA) is 73.1 Å². The molecule has 0 amide bonds. The Balaban J connectivity index is 1.92. The van der Waals surface area contributed by atoms with Gasteiger partial charge in [-0.15, -0.1) is 11.3 Å². The summed E-state index contributed by atoms with van der Waals surface area (Å²) in [5.41, 5.74) is 8.64. The van der Waals surface area contributed by atoms with Crippen molar-refractivity contribution in [1.82, 2.24) is 9.97 Å². The monoisotopic (exact) mass is 300 g/mol. The highest BCUT2D eigenvalue weighted by Gasteiger charge is 2.07. The lowest BCUT2D eigenvalue weighted by Gasteiger charge is -2.12. The molecule has 0 bridgehead atoms. The third-order valence-electron chi connectivity index (χ3n) is 3.09. The van der Waals surface area contributed by atoms with Gasteiger partial charge in [0, 0.05) is 17.8 Å². The molecule has 0 radical (unpaired) electrons. The van der Waals surface area contributed by atoms with Crippen LogP contribution in [0.5, 0.6) is 5.75 Å². The number of rotatable bonds is 5. The molecule has 21 heavy (non-hydrogen) atoms. The number of benzene rings is 1. The fourth-order valence-corrected chi connectivity index (χ4v) is 2.92. The second-order valence-electron chi connectivity index (χ2n) is 4.44. The standard InChI is InChI=1S/C15H16N4OS/c1-2-20-13-4-3-11(7-10(13)8-16)19-15-14-12(5-6-21-14)17-9-18-15/h3-7,9H,2,8,16H2,1H3,(H,17,18,19). The van der Waals surface area contributed by atoms with Gasteiger partial charge in [0.2, 0.25) is 0 Å². The maximum Gasteiger partial charge on any atom is 0.151 e. The van der Waals surface area contributed by atoms with Gasteiger partial charge in [-0.25, -0.2) is 9.97 Å². The van der Waals surface area contributed by atoms with Crippen molar-refractivity contribution in [2.45, 2.75) is 13.5 Å². The van der Waals surface area contributed by atoms with E-state index in [4.69, 9.17) is 10.5 Å². The van der Waals surface area contributed by atoms with E-state index in [0.717, 1.165) is 33.0 Å². The molecule has 0 fully saturated rings. The number of nitrogens with two attached hydrogens (primary N) is 1. The lowest BCUT2D eigenvalue weighted by atomic mass is 10.1. The van der Waals surface area contributed by atoms with Crippen LogP contribution in [-0.4, -0.2) is 16.6 Å². The quantitative estimate of drug-likeness (QED) is 0.756. The zero-order chi connectivity index (χ0) is 14.7. The molecule has 0 saturated carbocycles. The van der Waals surface area contributed by atoms with E-state index in [1.807, 2.05) is 36.6 Å². The Morgan fingerprint density at radius 1 is 1.29 bits per heavy atom. The second-order valence-corrected chi connectivity index (χ2v) is 5.36. The van der Waals surface area contributed by atoms with Gasteiger partial charge in [-0.1, -0.05) is 0 Å². The van der Waals surface area contributed by atoms with E-state index in [1.54, 1.807) is 17.7 Å². The van der Waals surface area contributed by atoms with E-state index >= 15 is 0 Å².